The van der Waals surface area contributed by atoms with Gasteiger partial charge in [0.15, 0.2) is 0 Å². The zero-order valence-electron chi connectivity index (χ0n) is 18.9. The van der Waals surface area contributed by atoms with Crippen LogP contribution in [0.3, 0.4) is 0 Å². The topological polar surface area (TPSA) is 46.5 Å². The monoisotopic (exact) mass is 449 g/mol. The molecule has 2 amide bonds. The Balaban J connectivity index is 1.60. The number of carbonyl (C=O) groups is 1. The first kappa shape index (κ1) is 21.3. The van der Waals surface area contributed by atoms with Crippen LogP contribution in [0.15, 0.2) is 42.6 Å². The molecule has 0 fully saturated rings. The van der Waals surface area contributed by atoms with Crippen molar-refractivity contribution in [2.24, 2.45) is 0 Å². The third-order valence-electron chi connectivity index (χ3n) is 6.60. The second-order valence-corrected chi connectivity index (χ2v) is 9.90. The summed E-state index contributed by atoms with van der Waals surface area (Å²) in [6.45, 7) is 4.01. The van der Waals surface area contributed by atoms with Gasteiger partial charge in [-0.05, 0) is 62.3 Å². The number of hydrogen-bond donors (Lipinski definition) is 1. The van der Waals surface area contributed by atoms with Gasteiger partial charge in [0, 0.05) is 36.9 Å². The van der Waals surface area contributed by atoms with Crippen LogP contribution < -0.4 is 5.32 Å². The Morgan fingerprint density at radius 2 is 2.06 bits per heavy atom. The van der Waals surface area contributed by atoms with Gasteiger partial charge >= 0.3 is 6.03 Å². The van der Waals surface area contributed by atoms with Gasteiger partial charge < -0.3 is 19.5 Å². The molecule has 1 N–H and O–H groups in total. The molecular formula is C26H31N3O2S. The summed E-state index contributed by atoms with van der Waals surface area (Å²) in [7, 11) is 1.69. The van der Waals surface area contributed by atoms with Gasteiger partial charge in [0.2, 0.25) is 0 Å². The fourth-order valence-corrected chi connectivity index (χ4v) is 6.49. The standard InChI is InChI=1S/C26H31N3O2S/c1-18-8-5-9-19(16-18)24-22-11-6-14-28(22)25-21(20-10-3-4-12-23(20)32-25)17-29(24)26(30)27-13-7-15-31-2/h5-6,8-9,11,14,16,24H,3-4,7,10,12-13,15,17H2,1-2H3,(H,27,30)/t24-/m0/s1. The molecule has 5 rings (SSSR count). The fourth-order valence-electron chi connectivity index (χ4n) is 5.09. The third kappa shape index (κ3) is 3.86. The minimum absolute atomic E-state index is 0.0102. The number of benzene rings is 1. The van der Waals surface area contributed by atoms with Gasteiger partial charge in [-0.2, -0.15) is 0 Å². The predicted molar refractivity (Wildman–Crippen MR) is 129 cm³/mol. The number of hydrogen-bond acceptors (Lipinski definition) is 3. The minimum Gasteiger partial charge on any atom is -0.385 e. The zero-order valence-corrected chi connectivity index (χ0v) is 19.7. The van der Waals surface area contributed by atoms with Crippen LogP contribution in [0.2, 0.25) is 0 Å². The average molecular weight is 450 g/mol. The van der Waals surface area contributed by atoms with E-state index in [1.807, 2.05) is 16.2 Å². The Morgan fingerprint density at radius 1 is 1.19 bits per heavy atom. The van der Waals surface area contributed by atoms with Gasteiger partial charge in [0.25, 0.3) is 0 Å². The number of thiophene rings is 1. The first-order chi connectivity index (χ1) is 15.7. The molecule has 0 saturated heterocycles. The molecule has 0 radical (unpaired) electrons. The maximum atomic E-state index is 13.6. The van der Waals surface area contributed by atoms with Crippen molar-refractivity contribution < 1.29 is 9.53 Å². The SMILES string of the molecule is COCCCNC(=O)N1Cc2c(sc3c2CCCC3)-n2cccc2[C@@H]1c1cccc(C)c1. The summed E-state index contributed by atoms with van der Waals surface area (Å²) < 4.78 is 7.50. The number of nitrogens with one attached hydrogen (secondary N) is 1. The minimum atomic E-state index is -0.133. The van der Waals surface area contributed by atoms with Crippen molar-refractivity contribution in [2.75, 3.05) is 20.3 Å². The van der Waals surface area contributed by atoms with E-state index in [0.29, 0.717) is 19.7 Å². The van der Waals surface area contributed by atoms with Crippen LogP contribution in [-0.2, 0) is 24.1 Å². The number of aryl methyl sites for hydroxylation is 2. The van der Waals surface area contributed by atoms with E-state index in [1.165, 1.54) is 39.4 Å². The van der Waals surface area contributed by atoms with E-state index in [-0.39, 0.29) is 12.1 Å². The van der Waals surface area contributed by atoms with Crippen molar-refractivity contribution in [1.29, 1.82) is 0 Å². The van der Waals surface area contributed by atoms with E-state index in [1.54, 1.807) is 7.11 Å². The molecule has 1 aliphatic carbocycles. The van der Waals surface area contributed by atoms with Crippen LogP contribution in [0.25, 0.3) is 5.00 Å². The summed E-state index contributed by atoms with van der Waals surface area (Å²) in [5, 5.41) is 4.45. The summed E-state index contributed by atoms with van der Waals surface area (Å²) in [5.41, 5.74) is 6.33. The van der Waals surface area contributed by atoms with Gasteiger partial charge in [-0.25, -0.2) is 4.79 Å². The number of rotatable bonds is 5. The molecule has 32 heavy (non-hydrogen) atoms. The second-order valence-electron chi connectivity index (χ2n) is 8.82. The summed E-state index contributed by atoms with van der Waals surface area (Å²) >= 11 is 1.93. The first-order valence-electron chi connectivity index (χ1n) is 11.6. The quantitative estimate of drug-likeness (QED) is 0.532. The molecule has 0 spiro atoms. The number of aromatic nitrogens is 1. The Hall–Kier alpha value is -2.57. The van der Waals surface area contributed by atoms with E-state index in [9.17, 15) is 4.79 Å². The highest BCUT2D eigenvalue weighted by molar-refractivity contribution is 7.15. The fraction of sp³-hybridized carbons (Fsp3) is 0.423. The van der Waals surface area contributed by atoms with Gasteiger partial charge in [0.1, 0.15) is 5.00 Å². The molecule has 0 bridgehead atoms. The van der Waals surface area contributed by atoms with Gasteiger partial charge in [-0.15, -0.1) is 11.3 Å². The molecule has 1 atom stereocenters. The van der Waals surface area contributed by atoms with Crippen LogP contribution in [0.5, 0.6) is 0 Å². The number of carbonyl (C=O) groups excluding carboxylic acids is 1. The second kappa shape index (κ2) is 9.12. The van der Waals surface area contributed by atoms with E-state index in [2.05, 4.69) is 59.4 Å². The van der Waals surface area contributed by atoms with Crippen molar-refractivity contribution in [1.82, 2.24) is 14.8 Å². The molecule has 3 aromatic rings. The summed E-state index contributed by atoms with van der Waals surface area (Å²) in [6.07, 6.45) is 7.75. The lowest BCUT2D eigenvalue weighted by molar-refractivity contribution is 0.174. The Morgan fingerprint density at radius 3 is 2.91 bits per heavy atom. The largest absolute Gasteiger partial charge is 0.385 e. The van der Waals surface area contributed by atoms with Gasteiger partial charge in [-0.3, -0.25) is 0 Å². The summed E-state index contributed by atoms with van der Waals surface area (Å²) in [4.78, 5) is 17.1. The van der Waals surface area contributed by atoms with Crippen LogP contribution in [0.1, 0.15) is 58.1 Å². The van der Waals surface area contributed by atoms with Gasteiger partial charge in [0.05, 0.1) is 18.3 Å². The van der Waals surface area contributed by atoms with E-state index < -0.39 is 0 Å². The van der Waals surface area contributed by atoms with E-state index in [4.69, 9.17) is 4.74 Å². The highest BCUT2D eigenvalue weighted by Crippen LogP contribution is 2.44. The number of nitrogens with zero attached hydrogens (tertiary/aromatic N) is 2. The molecule has 0 saturated carbocycles. The van der Waals surface area contributed by atoms with Crippen molar-refractivity contribution in [3.63, 3.8) is 0 Å². The van der Waals surface area contributed by atoms with E-state index in [0.717, 1.165) is 30.5 Å². The predicted octanol–water partition coefficient (Wildman–Crippen LogP) is 5.38. The number of ether oxygens (including phenoxy) is 1. The van der Waals surface area contributed by atoms with Crippen LogP contribution in [0.4, 0.5) is 4.79 Å². The lowest BCUT2D eigenvalue weighted by atomic mass is 9.95. The number of methoxy groups -OCH3 is 1. The Labute approximate surface area is 194 Å². The van der Waals surface area contributed by atoms with E-state index >= 15 is 0 Å². The lowest BCUT2D eigenvalue weighted by Gasteiger charge is -2.31. The summed E-state index contributed by atoms with van der Waals surface area (Å²) in [6, 6.07) is 12.7. The molecule has 1 aliphatic heterocycles. The van der Waals surface area contributed by atoms with Crippen LogP contribution >= 0.6 is 11.3 Å². The van der Waals surface area contributed by atoms with Gasteiger partial charge in [-0.1, -0.05) is 29.8 Å². The molecule has 2 aromatic heterocycles. The maximum Gasteiger partial charge on any atom is 0.318 e. The molecule has 1 aromatic carbocycles. The molecule has 5 nitrogen and oxygen atoms in total. The number of fused-ring (bicyclic) bond motifs is 5. The normalized spacial score (nSPS) is 17.3. The molecular weight excluding hydrogens is 418 g/mol. The maximum absolute atomic E-state index is 13.6. The highest BCUT2D eigenvalue weighted by atomic mass is 32.1. The number of amides is 2. The summed E-state index contributed by atoms with van der Waals surface area (Å²) in [5.74, 6) is 0. The van der Waals surface area contributed by atoms with Crippen molar-refractivity contribution in [3.8, 4) is 5.00 Å². The molecule has 2 aliphatic rings. The smallest absolute Gasteiger partial charge is 0.318 e. The zero-order chi connectivity index (χ0) is 22.1. The lowest BCUT2D eigenvalue weighted by Crippen LogP contribution is -2.42. The first-order valence-corrected chi connectivity index (χ1v) is 12.4. The average Bonchev–Trinajstić information content (AvgIpc) is 3.38. The van der Waals surface area contributed by atoms with Crippen molar-refractivity contribution >= 4 is 17.4 Å². The molecule has 0 unspecified atom stereocenters. The highest BCUT2D eigenvalue weighted by Gasteiger charge is 2.35. The molecule has 6 heteroatoms. The molecule has 3 heterocycles. The third-order valence-corrected chi connectivity index (χ3v) is 7.93. The van der Waals surface area contributed by atoms with Crippen molar-refractivity contribution in [3.05, 3.63) is 75.4 Å². The Kier molecular flexibility index (Phi) is 6.07. The number of urea groups is 1. The molecule has 168 valence electrons. The van der Waals surface area contributed by atoms with Crippen LogP contribution in [-0.4, -0.2) is 35.8 Å². The van der Waals surface area contributed by atoms with Crippen molar-refractivity contribution in [2.45, 2.75) is 51.6 Å². The van der Waals surface area contributed by atoms with Crippen LogP contribution in [0, 0.1) is 6.92 Å². The Bertz CT molecular complexity index is 1120.